The molecule has 6 nitrogen and oxygen atoms in total. The lowest BCUT2D eigenvalue weighted by Crippen LogP contribution is -2.29. The van der Waals surface area contributed by atoms with Crippen molar-refractivity contribution in [1.29, 1.82) is 0 Å². The van der Waals surface area contributed by atoms with Crippen molar-refractivity contribution in [1.82, 2.24) is 15.0 Å². The maximum atomic E-state index is 12.2. The van der Waals surface area contributed by atoms with Crippen LogP contribution < -0.4 is 5.32 Å². The third-order valence-corrected chi connectivity index (χ3v) is 2.86. The standard InChI is InChI=1S/C15H20N4O2/c1-15(2,3)18-13-12-10(7-6-8-16-12)9-11(17-13)14(20)19(4)21-5/h6-9H,1-5H3,(H,17,18). The quantitative estimate of drug-likeness (QED) is 0.879. The number of nitrogens with zero attached hydrogens (tertiary/aromatic N) is 3. The maximum absolute atomic E-state index is 12.2. The summed E-state index contributed by atoms with van der Waals surface area (Å²) < 4.78 is 0. The van der Waals surface area contributed by atoms with Gasteiger partial charge in [0.2, 0.25) is 0 Å². The van der Waals surface area contributed by atoms with Crippen LogP contribution in [0.15, 0.2) is 24.4 Å². The molecule has 0 aromatic carbocycles. The largest absolute Gasteiger partial charge is 0.364 e. The summed E-state index contributed by atoms with van der Waals surface area (Å²) in [6.45, 7) is 6.08. The van der Waals surface area contributed by atoms with E-state index in [0.717, 1.165) is 16.0 Å². The smallest absolute Gasteiger partial charge is 0.295 e. The van der Waals surface area contributed by atoms with Crippen LogP contribution in [0.3, 0.4) is 0 Å². The molecule has 6 heteroatoms. The van der Waals surface area contributed by atoms with Gasteiger partial charge in [-0.3, -0.25) is 14.6 Å². The number of hydrogen-bond donors (Lipinski definition) is 1. The van der Waals surface area contributed by atoms with E-state index < -0.39 is 0 Å². The summed E-state index contributed by atoms with van der Waals surface area (Å²) in [5, 5.41) is 5.29. The predicted molar refractivity (Wildman–Crippen MR) is 82.0 cm³/mol. The van der Waals surface area contributed by atoms with Crippen molar-refractivity contribution in [2.45, 2.75) is 26.3 Å². The number of amides is 1. The number of hydroxylamine groups is 2. The van der Waals surface area contributed by atoms with Crippen LogP contribution in [-0.2, 0) is 4.84 Å². The number of aromatic nitrogens is 2. The summed E-state index contributed by atoms with van der Waals surface area (Å²) in [7, 11) is 2.99. The molecule has 0 unspecified atom stereocenters. The first-order valence-electron chi connectivity index (χ1n) is 6.68. The Morgan fingerprint density at radius 3 is 2.71 bits per heavy atom. The molecule has 0 radical (unpaired) electrons. The molecule has 2 rings (SSSR count). The second kappa shape index (κ2) is 5.65. The van der Waals surface area contributed by atoms with Crippen molar-refractivity contribution < 1.29 is 9.63 Å². The summed E-state index contributed by atoms with van der Waals surface area (Å²) in [6, 6.07) is 5.45. The van der Waals surface area contributed by atoms with Crippen LogP contribution in [0.4, 0.5) is 5.82 Å². The van der Waals surface area contributed by atoms with Gasteiger partial charge in [-0.05, 0) is 32.9 Å². The first-order chi connectivity index (χ1) is 9.81. The minimum atomic E-state index is -0.305. The average molecular weight is 288 g/mol. The number of pyridine rings is 2. The highest BCUT2D eigenvalue weighted by atomic mass is 16.7. The highest BCUT2D eigenvalue weighted by Gasteiger charge is 2.19. The summed E-state index contributed by atoms with van der Waals surface area (Å²) in [5.74, 6) is 0.286. The summed E-state index contributed by atoms with van der Waals surface area (Å²) in [6.07, 6.45) is 1.71. The predicted octanol–water partition coefficient (Wildman–Crippen LogP) is 2.47. The van der Waals surface area contributed by atoms with Crippen LogP contribution in [0, 0.1) is 0 Å². The minimum absolute atomic E-state index is 0.188. The van der Waals surface area contributed by atoms with E-state index in [4.69, 9.17) is 4.84 Å². The molecule has 0 atom stereocenters. The van der Waals surface area contributed by atoms with Gasteiger partial charge in [-0.25, -0.2) is 10.0 Å². The van der Waals surface area contributed by atoms with Crippen molar-refractivity contribution in [3.63, 3.8) is 0 Å². The van der Waals surface area contributed by atoms with Crippen LogP contribution in [0.2, 0.25) is 0 Å². The number of nitrogens with one attached hydrogen (secondary N) is 1. The van der Waals surface area contributed by atoms with Gasteiger partial charge in [-0.15, -0.1) is 0 Å². The molecule has 0 saturated heterocycles. The fraction of sp³-hybridized carbons (Fsp3) is 0.400. The number of anilines is 1. The van der Waals surface area contributed by atoms with Gasteiger partial charge in [-0.2, -0.15) is 0 Å². The van der Waals surface area contributed by atoms with Gasteiger partial charge < -0.3 is 5.32 Å². The summed E-state index contributed by atoms with van der Waals surface area (Å²) in [5.41, 5.74) is 0.863. The number of hydrogen-bond acceptors (Lipinski definition) is 5. The number of fused-ring (bicyclic) bond motifs is 1. The van der Waals surface area contributed by atoms with Gasteiger partial charge in [-0.1, -0.05) is 6.07 Å². The van der Waals surface area contributed by atoms with Gasteiger partial charge >= 0.3 is 0 Å². The Morgan fingerprint density at radius 2 is 2.10 bits per heavy atom. The molecule has 1 amide bonds. The molecule has 0 spiro atoms. The normalized spacial score (nSPS) is 11.5. The van der Waals surface area contributed by atoms with Crippen molar-refractivity contribution in [2.24, 2.45) is 0 Å². The van der Waals surface area contributed by atoms with E-state index in [2.05, 4.69) is 15.3 Å². The van der Waals surface area contributed by atoms with E-state index in [9.17, 15) is 4.79 Å². The molecule has 1 N–H and O–H groups in total. The second-order valence-electron chi connectivity index (χ2n) is 5.79. The molecule has 0 aliphatic heterocycles. The molecule has 0 aliphatic carbocycles. The van der Waals surface area contributed by atoms with Crippen molar-refractivity contribution in [2.75, 3.05) is 19.5 Å². The van der Waals surface area contributed by atoms with Crippen molar-refractivity contribution in [3.05, 3.63) is 30.1 Å². The Labute approximate surface area is 124 Å². The molecule has 2 heterocycles. The third-order valence-electron chi connectivity index (χ3n) is 2.86. The first-order valence-corrected chi connectivity index (χ1v) is 6.68. The Morgan fingerprint density at radius 1 is 1.38 bits per heavy atom. The zero-order valence-electron chi connectivity index (χ0n) is 13.0. The zero-order chi connectivity index (χ0) is 15.6. The van der Waals surface area contributed by atoms with Gasteiger partial charge in [0.05, 0.1) is 7.11 Å². The molecular formula is C15H20N4O2. The van der Waals surface area contributed by atoms with Crippen LogP contribution in [-0.4, -0.2) is 40.6 Å². The number of carbonyl (C=O) groups is 1. The lowest BCUT2D eigenvalue weighted by molar-refractivity contribution is -0.0760. The monoisotopic (exact) mass is 288 g/mol. The van der Waals surface area contributed by atoms with E-state index in [1.54, 1.807) is 19.3 Å². The molecular weight excluding hydrogens is 268 g/mol. The van der Waals surface area contributed by atoms with Gasteiger partial charge in [0.15, 0.2) is 5.82 Å². The van der Waals surface area contributed by atoms with Crippen LogP contribution in [0.5, 0.6) is 0 Å². The number of rotatable bonds is 3. The van der Waals surface area contributed by atoms with Crippen molar-refractivity contribution in [3.8, 4) is 0 Å². The average Bonchev–Trinajstić information content (AvgIpc) is 2.43. The maximum Gasteiger partial charge on any atom is 0.295 e. The van der Waals surface area contributed by atoms with Crippen LogP contribution in [0.25, 0.3) is 10.9 Å². The molecule has 112 valence electrons. The minimum Gasteiger partial charge on any atom is -0.364 e. The lowest BCUT2D eigenvalue weighted by atomic mass is 10.1. The Hall–Kier alpha value is -2.21. The molecule has 21 heavy (non-hydrogen) atoms. The SMILES string of the molecule is CON(C)C(=O)c1cc2cccnc2c(NC(C)(C)C)n1. The van der Waals surface area contributed by atoms with Crippen LogP contribution in [0.1, 0.15) is 31.3 Å². The second-order valence-corrected chi connectivity index (χ2v) is 5.79. The van der Waals surface area contributed by atoms with Gasteiger partial charge in [0.1, 0.15) is 11.2 Å². The third kappa shape index (κ3) is 3.46. The highest BCUT2D eigenvalue weighted by molar-refractivity contribution is 5.98. The summed E-state index contributed by atoms with van der Waals surface area (Å²) >= 11 is 0. The molecule has 2 aromatic rings. The fourth-order valence-corrected chi connectivity index (χ4v) is 1.88. The van der Waals surface area contributed by atoms with E-state index >= 15 is 0 Å². The van der Waals surface area contributed by atoms with E-state index in [1.165, 1.54) is 7.11 Å². The van der Waals surface area contributed by atoms with Gasteiger partial charge in [0.25, 0.3) is 5.91 Å². The zero-order valence-corrected chi connectivity index (χ0v) is 13.0. The van der Waals surface area contributed by atoms with E-state index in [0.29, 0.717) is 11.5 Å². The highest BCUT2D eigenvalue weighted by Crippen LogP contribution is 2.23. The molecule has 0 aliphatic rings. The Kier molecular flexibility index (Phi) is 4.09. The fourth-order valence-electron chi connectivity index (χ4n) is 1.88. The number of carbonyl (C=O) groups excluding carboxylic acids is 1. The Bertz CT molecular complexity index is 664. The molecule has 2 aromatic heterocycles. The molecule has 0 bridgehead atoms. The van der Waals surface area contributed by atoms with Gasteiger partial charge in [0, 0.05) is 24.2 Å². The van der Waals surface area contributed by atoms with Crippen molar-refractivity contribution >= 4 is 22.6 Å². The topological polar surface area (TPSA) is 67.3 Å². The van der Waals surface area contributed by atoms with Crippen LogP contribution >= 0.6 is 0 Å². The Balaban J connectivity index is 2.57. The lowest BCUT2D eigenvalue weighted by Gasteiger charge is -2.23. The van der Waals surface area contributed by atoms with E-state index in [-0.39, 0.29) is 11.4 Å². The first kappa shape index (κ1) is 15.2. The molecule has 0 fully saturated rings. The van der Waals surface area contributed by atoms with E-state index in [1.807, 2.05) is 32.9 Å². The summed E-state index contributed by atoms with van der Waals surface area (Å²) in [4.78, 5) is 25.9. The molecule has 0 saturated carbocycles.